The zero-order valence-corrected chi connectivity index (χ0v) is 18.3. The molecule has 1 aromatic heterocycles. The summed E-state index contributed by atoms with van der Waals surface area (Å²) >= 11 is 1.34. The van der Waals surface area contributed by atoms with Gasteiger partial charge in [-0.2, -0.15) is 0 Å². The molecule has 0 spiro atoms. The van der Waals surface area contributed by atoms with Gasteiger partial charge >= 0.3 is 0 Å². The van der Waals surface area contributed by atoms with Gasteiger partial charge in [0.05, 0.1) is 31.3 Å². The molecule has 1 saturated heterocycles. The molecule has 1 fully saturated rings. The third-order valence-corrected chi connectivity index (χ3v) is 6.08. The molecule has 3 aromatic rings. The van der Waals surface area contributed by atoms with Gasteiger partial charge in [-0.1, -0.05) is 23.9 Å². The highest BCUT2D eigenvalue weighted by molar-refractivity contribution is 8.00. The van der Waals surface area contributed by atoms with Gasteiger partial charge in [0, 0.05) is 24.5 Å². The van der Waals surface area contributed by atoms with E-state index in [1.54, 1.807) is 13.4 Å². The molecular weight excluding hydrogens is 414 g/mol. The second kappa shape index (κ2) is 9.84. The molecule has 1 atom stereocenters. The summed E-state index contributed by atoms with van der Waals surface area (Å²) in [6.45, 7) is 5.10. The molecule has 0 radical (unpaired) electrons. The lowest BCUT2D eigenvalue weighted by Gasteiger charge is -2.28. The minimum atomic E-state index is -0.364. The van der Waals surface area contributed by atoms with Crippen molar-refractivity contribution in [1.29, 1.82) is 0 Å². The van der Waals surface area contributed by atoms with E-state index in [-0.39, 0.29) is 11.2 Å². The maximum atomic E-state index is 12.8. The molecule has 9 heteroatoms. The van der Waals surface area contributed by atoms with Gasteiger partial charge in [-0.15, -0.1) is 10.2 Å². The van der Waals surface area contributed by atoms with E-state index in [9.17, 15) is 4.79 Å². The first-order valence-corrected chi connectivity index (χ1v) is 11.0. The van der Waals surface area contributed by atoms with E-state index >= 15 is 0 Å². The van der Waals surface area contributed by atoms with Crippen molar-refractivity contribution >= 4 is 29.0 Å². The molecule has 1 N–H and O–H groups in total. The normalized spacial score (nSPS) is 14.8. The molecule has 4 rings (SSSR count). The third kappa shape index (κ3) is 5.00. The lowest BCUT2D eigenvalue weighted by molar-refractivity contribution is -0.115. The molecular formula is C22H25N5O3S. The molecule has 1 aliphatic heterocycles. The minimum absolute atomic E-state index is 0.0984. The molecule has 1 amide bonds. The van der Waals surface area contributed by atoms with E-state index in [2.05, 4.69) is 20.4 Å². The van der Waals surface area contributed by atoms with Crippen LogP contribution in [0.4, 0.5) is 11.4 Å². The number of carbonyl (C=O) groups excluding carboxylic acids is 1. The van der Waals surface area contributed by atoms with Crippen LogP contribution in [0.15, 0.2) is 60.0 Å². The van der Waals surface area contributed by atoms with Gasteiger partial charge in [-0.05, 0) is 43.3 Å². The number of benzene rings is 2. The van der Waals surface area contributed by atoms with Crippen molar-refractivity contribution in [3.63, 3.8) is 0 Å². The Bertz CT molecular complexity index is 1020. The fourth-order valence-electron chi connectivity index (χ4n) is 3.33. The number of hydrogen-bond donors (Lipinski definition) is 1. The summed E-state index contributed by atoms with van der Waals surface area (Å²) in [5.74, 6) is 0.611. The van der Waals surface area contributed by atoms with Gasteiger partial charge in [0.1, 0.15) is 12.1 Å². The molecule has 0 aliphatic carbocycles. The lowest BCUT2D eigenvalue weighted by Crippen LogP contribution is -2.36. The number of nitrogens with zero attached hydrogens (tertiary/aromatic N) is 4. The molecule has 31 heavy (non-hydrogen) atoms. The van der Waals surface area contributed by atoms with Crippen LogP contribution in [0.25, 0.3) is 5.69 Å². The summed E-state index contributed by atoms with van der Waals surface area (Å²) in [6, 6.07) is 15.5. The number of anilines is 2. The van der Waals surface area contributed by atoms with Crippen LogP contribution in [0.1, 0.15) is 6.92 Å². The smallest absolute Gasteiger partial charge is 0.237 e. The predicted molar refractivity (Wildman–Crippen MR) is 121 cm³/mol. The Hall–Kier alpha value is -3.04. The summed E-state index contributed by atoms with van der Waals surface area (Å²) in [5, 5.41) is 11.4. The van der Waals surface area contributed by atoms with Crippen LogP contribution in [0.5, 0.6) is 5.75 Å². The van der Waals surface area contributed by atoms with Gasteiger partial charge in [0.2, 0.25) is 5.91 Å². The standard InChI is InChI=1S/C22H25N5O3S/c1-16(31-22-25-23-15-27(22)19-5-3-4-6-20(19)29-2)21(28)24-17-7-9-18(10-8-17)26-11-13-30-14-12-26/h3-10,15-16H,11-14H2,1-2H3,(H,24,28)/t16-/m1/s1. The Morgan fingerprint density at radius 1 is 1.16 bits per heavy atom. The topological polar surface area (TPSA) is 81.5 Å². The van der Waals surface area contributed by atoms with E-state index in [1.165, 1.54) is 11.8 Å². The second-order valence-electron chi connectivity index (χ2n) is 7.05. The Balaban J connectivity index is 1.40. The highest BCUT2D eigenvalue weighted by Crippen LogP contribution is 2.29. The predicted octanol–water partition coefficient (Wildman–Crippen LogP) is 3.23. The fraction of sp³-hybridized carbons (Fsp3) is 0.318. The van der Waals surface area contributed by atoms with Crippen LogP contribution in [0.3, 0.4) is 0 Å². The van der Waals surface area contributed by atoms with Crippen LogP contribution < -0.4 is 15.0 Å². The van der Waals surface area contributed by atoms with Gasteiger partial charge in [0.25, 0.3) is 0 Å². The Morgan fingerprint density at radius 2 is 1.90 bits per heavy atom. The largest absolute Gasteiger partial charge is 0.495 e. The minimum Gasteiger partial charge on any atom is -0.495 e. The number of methoxy groups -OCH3 is 1. The van der Waals surface area contributed by atoms with Crippen molar-refractivity contribution < 1.29 is 14.3 Å². The number of ether oxygens (including phenoxy) is 2. The van der Waals surface area contributed by atoms with Crippen molar-refractivity contribution in [1.82, 2.24) is 14.8 Å². The first kappa shape index (κ1) is 21.2. The van der Waals surface area contributed by atoms with Crippen molar-refractivity contribution in [2.24, 2.45) is 0 Å². The number of hydrogen-bond acceptors (Lipinski definition) is 7. The van der Waals surface area contributed by atoms with Gasteiger partial charge in [-0.3, -0.25) is 9.36 Å². The number of amides is 1. The summed E-state index contributed by atoms with van der Waals surface area (Å²) in [7, 11) is 1.62. The van der Waals surface area contributed by atoms with E-state index in [0.29, 0.717) is 10.9 Å². The molecule has 2 heterocycles. The van der Waals surface area contributed by atoms with Gasteiger partial charge in [-0.25, -0.2) is 0 Å². The first-order valence-electron chi connectivity index (χ1n) is 10.1. The van der Waals surface area contributed by atoms with E-state index in [4.69, 9.17) is 9.47 Å². The van der Waals surface area contributed by atoms with Crippen LogP contribution in [0.2, 0.25) is 0 Å². The SMILES string of the molecule is COc1ccccc1-n1cnnc1S[C@H](C)C(=O)Nc1ccc(N2CCOCC2)cc1. The molecule has 1 aliphatic rings. The van der Waals surface area contributed by atoms with Crippen molar-refractivity contribution in [3.8, 4) is 11.4 Å². The zero-order chi connectivity index (χ0) is 21.6. The average Bonchev–Trinajstić information content (AvgIpc) is 3.28. The summed E-state index contributed by atoms with van der Waals surface area (Å²) < 4.78 is 12.7. The van der Waals surface area contributed by atoms with E-state index in [0.717, 1.165) is 43.4 Å². The van der Waals surface area contributed by atoms with Crippen LogP contribution in [0, 0.1) is 0 Å². The highest BCUT2D eigenvalue weighted by atomic mass is 32.2. The number of para-hydroxylation sites is 2. The van der Waals surface area contributed by atoms with Gasteiger partial charge < -0.3 is 19.7 Å². The molecule has 0 unspecified atom stereocenters. The van der Waals surface area contributed by atoms with E-state index in [1.807, 2.05) is 60.0 Å². The second-order valence-corrected chi connectivity index (χ2v) is 8.36. The molecule has 0 saturated carbocycles. The zero-order valence-electron chi connectivity index (χ0n) is 17.5. The first-order chi connectivity index (χ1) is 15.2. The Morgan fingerprint density at radius 3 is 2.65 bits per heavy atom. The number of carbonyl (C=O) groups is 1. The average molecular weight is 440 g/mol. The maximum absolute atomic E-state index is 12.8. The van der Waals surface area contributed by atoms with E-state index < -0.39 is 0 Å². The molecule has 162 valence electrons. The quantitative estimate of drug-likeness (QED) is 0.566. The number of aromatic nitrogens is 3. The summed E-state index contributed by atoms with van der Waals surface area (Å²) in [6.07, 6.45) is 1.62. The number of rotatable bonds is 7. The van der Waals surface area contributed by atoms with Crippen LogP contribution in [-0.2, 0) is 9.53 Å². The van der Waals surface area contributed by atoms with Crippen molar-refractivity contribution in [3.05, 3.63) is 54.9 Å². The fourth-order valence-corrected chi connectivity index (χ4v) is 4.17. The summed E-state index contributed by atoms with van der Waals surface area (Å²) in [4.78, 5) is 15.0. The maximum Gasteiger partial charge on any atom is 0.237 e. The number of nitrogens with one attached hydrogen (secondary N) is 1. The van der Waals surface area contributed by atoms with Gasteiger partial charge in [0.15, 0.2) is 5.16 Å². The molecule has 2 aromatic carbocycles. The van der Waals surface area contributed by atoms with Crippen LogP contribution in [-0.4, -0.2) is 59.3 Å². The van der Waals surface area contributed by atoms with Crippen molar-refractivity contribution in [2.45, 2.75) is 17.3 Å². The molecule has 0 bridgehead atoms. The Labute approximate surface area is 185 Å². The van der Waals surface area contributed by atoms with Crippen LogP contribution >= 0.6 is 11.8 Å². The van der Waals surface area contributed by atoms with Crippen molar-refractivity contribution in [2.75, 3.05) is 43.6 Å². The Kier molecular flexibility index (Phi) is 6.73. The molecule has 8 nitrogen and oxygen atoms in total. The summed E-state index contributed by atoms with van der Waals surface area (Å²) in [5.41, 5.74) is 2.72. The highest BCUT2D eigenvalue weighted by Gasteiger charge is 2.20. The number of thioether (sulfide) groups is 1. The monoisotopic (exact) mass is 439 g/mol. The number of morpholine rings is 1. The lowest BCUT2D eigenvalue weighted by atomic mass is 10.2. The third-order valence-electron chi connectivity index (χ3n) is 5.02.